The van der Waals surface area contributed by atoms with Crippen molar-refractivity contribution < 1.29 is 9.18 Å². The summed E-state index contributed by atoms with van der Waals surface area (Å²) in [6.45, 7) is 3.64. The lowest BCUT2D eigenvalue weighted by atomic mass is 10.2. The fraction of sp³-hybridized carbons (Fsp3) is 0.182. The van der Waals surface area contributed by atoms with Crippen LogP contribution in [-0.2, 0) is 13.1 Å². The lowest BCUT2D eigenvalue weighted by Crippen LogP contribution is -2.31. The van der Waals surface area contributed by atoms with Crippen LogP contribution in [-0.4, -0.2) is 22.3 Å². The van der Waals surface area contributed by atoms with Crippen molar-refractivity contribution in [3.05, 3.63) is 95.6 Å². The largest absolute Gasteiger partial charge is 0.381 e. The number of aromatic nitrogens is 1. The minimum atomic E-state index is -0.256. The molecular weight excluding hydrogens is 341 g/mol. The molecule has 0 radical (unpaired) electrons. The Morgan fingerprint density at radius 2 is 1.78 bits per heavy atom. The zero-order chi connectivity index (χ0) is 19.1. The fourth-order valence-corrected chi connectivity index (χ4v) is 2.76. The molecule has 0 spiro atoms. The minimum absolute atomic E-state index is 0.105. The molecule has 0 atom stereocenters. The highest BCUT2D eigenvalue weighted by molar-refractivity contribution is 5.93. The summed E-state index contributed by atoms with van der Waals surface area (Å²) in [6.07, 6.45) is 1.62. The average molecular weight is 363 g/mol. The normalized spacial score (nSPS) is 10.4. The lowest BCUT2D eigenvalue weighted by Gasteiger charge is -2.21. The van der Waals surface area contributed by atoms with Crippen molar-refractivity contribution in [2.75, 3.05) is 11.9 Å². The van der Waals surface area contributed by atoms with E-state index in [-0.39, 0.29) is 11.7 Å². The van der Waals surface area contributed by atoms with Crippen LogP contribution in [0.2, 0.25) is 0 Å². The molecule has 27 heavy (non-hydrogen) atoms. The molecular formula is C22H22FN3O. The number of hydrogen-bond acceptors (Lipinski definition) is 3. The summed E-state index contributed by atoms with van der Waals surface area (Å²) >= 11 is 0. The first-order chi connectivity index (χ1) is 13.2. The molecule has 0 saturated heterocycles. The fourth-order valence-electron chi connectivity index (χ4n) is 2.76. The second-order valence-corrected chi connectivity index (χ2v) is 6.21. The van der Waals surface area contributed by atoms with Crippen LogP contribution in [0, 0.1) is 5.82 Å². The van der Waals surface area contributed by atoms with Crippen LogP contribution in [0.5, 0.6) is 0 Å². The maximum atomic E-state index is 13.0. The molecule has 0 aliphatic rings. The van der Waals surface area contributed by atoms with E-state index in [0.717, 1.165) is 16.8 Å². The van der Waals surface area contributed by atoms with Gasteiger partial charge in [-0.25, -0.2) is 4.39 Å². The molecule has 1 amide bonds. The van der Waals surface area contributed by atoms with E-state index in [9.17, 15) is 9.18 Å². The topological polar surface area (TPSA) is 45.2 Å². The third-order valence-electron chi connectivity index (χ3n) is 4.27. The van der Waals surface area contributed by atoms with Gasteiger partial charge in [-0.2, -0.15) is 0 Å². The van der Waals surface area contributed by atoms with Crippen molar-refractivity contribution in [3.8, 4) is 0 Å². The molecule has 0 fully saturated rings. The second kappa shape index (κ2) is 8.94. The van der Waals surface area contributed by atoms with E-state index in [1.807, 2.05) is 43.3 Å². The van der Waals surface area contributed by atoms with Gasteiger partial charge < -0.3 is 10.2 Å². The predicted octanol–water partition coefficient (Wildman–Crippen LogP) is 4.50. The quantitative estimate of drug-likeness (QED) is 0.672. The number of halogens is 1. The molecule has 0 unspecified atom stereocenters. The van der Waals surface area contributed by atoms with Gasteiger partial charge >= 0.3 is 0 Å². The molecule has 1 heterocycles. The Bertz CT molecular complexity index is 882. The molecule has 0 aliphatic heterocycles. The first-order valence-electron chi connectivity index (χ1n) is 8.93. The summed E-state index contributed by atoms with van der Waals surface area (Å²) in [5, 5.41) is 3.25. The number of benzene rings is 2. The van der Waals surface area contributed by atoms with E-state index in [2.05, 4.69) is 10.3 Å². The lowest BCUT2D eigenvalue weighted by molar-refractivity contribution is 0.0746. The average Bonchev–Trinajstić information content (AvgIpc) is 2.72. The summed E-state index contributed by atoms with van der Waals surface area (Å²) in [4.78, 5) is 18.8. The molecule has 0 bridgehead atoms. The number of pyridine rings is 1. The molecule has 0 saturated carbocycles. The number of rotatable bonds is 7. The summed E-state index contributed by atoms with van der Waals surface area (Å²) < 4.78 is 13.0. The van der Waals surface area contributed by atoms with Gasteiger partial charge in [-0.15, -0.1) is 0 Å². The Labute approximate surface area is 158 Å². The summed E-state index contributed by atoms with van der Waals surface area (Å²) in [7, 11) is 0. The van der Waals surface area contributed by atoms with Gasteiger partial charge in [-0.3, -0.25) is 9.78 Å². The number of anilines is 1. The summed E-state index contributed by atoms with van der Waals surface area (Å²) in [6, 6.07) is 19.8. The number of nitrogens with one attached hydrogen (secondary N) is 1. The Morgan fingerprint density at radius 3 is 2.48 bits per heavy atom. The summed E-state index contributed by atoms with van der Waals surface area (Å²) in [5.41, 5.74) is 3.24. The smallest absolute Gasteiger partial charge is 0.272 e. The van der Waals surface area contributed by atoms with E-state index < -0.39 is 0 Å². The highest BCUT2D eigenvalue weighted by Gasteiger charge is 2.16. The van der Waals surface area contributed by atoms with E-state index in [1.54, 1.807) is 29.3 Å². The van der Waals surface area contributed by atoms with Gasteiger partial charge in [-0.1, -0.05) is 42.5 Å². The molecule has 2 aromatic carbocycles. The molecule has 138 valence electrons. The van der Waals surface area contributed by atoms with Crippen molar-refractivity contribution in [1.82, 2.24) is 9.88 Å². The third-order valence-corrected chi connectivity index (χ3v) is 4.27. The highest BCUT2D eigenvalue weighted by Crippen LogP contribution is 2.14. The Kier molecular flexibility index (Phi) is 6.15. The van der Waals surface area contributed by atoms with Crippen molar-refractivity contribution in [2.45, 2.75) is 20.0 Å². The minimum Gasteiger partial charge on any atom is -0.381 e. The Balaban J connectivity index is 1.67. The maximum absolute atomic E-state index is 13.0. The van der Waals surface area contributed by atoms with Gasteiger partial charge in [0.1, 0.15) is 11.5 Å². The predicted molar refractivity (Wildman–Crippen MR) is 105 cm³/mol. The van der Waals surface area contributed by atoms with Gasteiger partial charge in [0.05, 0.1) is 0 Å². The summed E-state index contributed by atoms with van der Waals surface area (Å²) in [5.74, 6) is -0.361. The molecule has 0 aliphatic carbocycles. The van der Waals surface area contributed by atoms with Crippen molar-refractivity contribution >= 4 is 11.6 Å². The number of amides is 1. The number of carbonyl (C=O) groups excluding carboxylic acids is 1. The number of nitrogens with zero attached hydrogens (tertiary/aromatic N) is 2. The van der Waals surface area contributed by atoms with E-state index >= 15 is 0 Å². The maximum Gasteiger partial charge on any atom is 0.272 e. The van der Waals surface area contributed by atoms with E-state index in [4.69, 9.17) is 0 Å². The molecule has 5 heteroatoms. The van der Waals surface area contributed by atoms with E-state index in [1.165, 1.54) is 12.1 Å². The van der Waals surface area contributed by atoms with Crippen LogP contribution in [0.4, 0.5) is 10.1 Å². The van der Waals surface area contributed by atoms with Crippen LogP contribution in [0.3, 0.4) is 0 Å². The Hall–Kier alpha value is -3.21. The highest BCUT2D eigenvalue weighted by atomic mass is 19.1. The van der Waals surface area contributed by atoms with Crippen LogP contribution < -0.4 is 5.32 Å². The van der Waals surface area contributed by atoms with Crippen LogP contribution in [0.25, 0.3) is 0 Å². The van der Waals surface area contributed by atoms with Crippen molar-refractivity contribution in [3.63, 3.8) is 0 Å². The SMILES string of the molecule is CCN(Cc1ccccc1)C(=O)c1cc(NCc2ccc(F)cc2)ccn1. The first-order valence-corrected chi connectivity index (χ1v) is 8.93. The molecule has 1 aromatic heterocycles. The van der Waals surface area contributed by atoms with Gasteiger partial charge in [0.25, 0.3) is 5.91 Å². The van der Waals surface area contributed by atoms with Crippen LogP contribution in [0.15, 0.2) is 72.9 Å². The number of hydrogen-bond donors (Lipinski definition) is 1. The zero-order valence-electron chi connectivity index (χ0n) is 15.2. The van der Waals surface area contributed by atoms with Crippen LogP contribution >= 0.6 is 0 Å². The second-order valence-electron chi connectivity index (χ2n) is 6.21. The standard InChI is InChI=1S/C22H22FN3O/c1-2-26(16-18-6-4-3-5-7-18)22(27)21-14-20(12-13-24-21)25-15-17-8-10-19(23)11-9-17/h3-14H,2,15-16H2,1H3,(H,24,25). The van der Waals surface area contributed by atoms with Gasteiger partial charge in [0.2, 0.25) is 0 Å². The van der Waals surface area contributed by atoms with Crippen molar-refractivity contribution in [2.24, 2.45) is 0 Å². The molecule has 3 rings (SSSR count). The monoisotopic (exact) mass is 363 g/mol. The number of carbonyl (C=O) groups is 1. The Morgan fingerprint density at radius 1 is 1.04 bits per heavy atom. The van der Waals surface area contributed by atoms with Gasteiger partial charge in [-0.05, 0) is 42.3 Å². The van der Waals surface area contributed by atoms with Crippen LogP contribution in [0.1, 0.15) is 28.5 Å². The molecule has 1 N–H and O–H groups in total. The molecule has 3 aromatic rings. The zero-order valence-corrected chi connectivity index (χ0v) is 15.2. The van der Waals surface area contributed by atoms with Crippen molar-refractivity contribution in [1.29, 1.82) is 0 Å². The first kappa shape index (κ1) is 18.6. The third kappa shape index (κ3) is 5.14. The van der Waals surface area contributed by atoms with E-state index in [0.29, 0.717) is 25.3 Å². The van der Waals surface area contributed by atoms with Gasteiger partial charge in [0.15, 0.2) is 0 Å². The molecule has 4 nitrogen and oxygen atoms in total. The van der Waals surface area contributed by atoms with Gasteiger partial charge in [0, 0.05) is 31.5 Å².